The van der Waals surface area contributed by atoms with Crippen molar-refractivity contribution in [1.29, 1.82) is 0 Å². The van der Waals surface area contributed by atoms with Gasteiger partial charge in [-0.15, -0.1) is 0 Å². The van der Waals surface area contributed by atoms with Gasteiger partial charge in [0.05, 0.1) is 0 Å². The predicted octanol–water partition coefficient (Wildman–Crippen LogP) is -1.15. The lowest BCUT2D eigenvalue weighted by Gasteiger charge is -1.92. The zero-order valence-corrected chi connectivity index (χ0v) is 4.20. The molecule has 2 N–H and O–H groups in total. The average molecular weight is 105 g/mol. The van der Waals surface area contributed by atoms with Crippen molar-refractivity contribution < 1.29 is 0 Å². The van der Waals surface area contributed by atoms with Crippen LogP contribution in [0.5, 0.6) is 0 Å². The van der Waals surface area contributed by atoms with Gasteiger partial charge in [0.15, 0.2) is 0 Å². The number of anilines is 1. The molecule has 0 bridgehead atoms. The van der Waals surface area contributed by atoms with Crippen molar-refractivity contribution in [3.63, 3.8) is 0 Å². The lowest BCUT2D eigenvalue weighted by molar-refractivity contribution is 1.19. The summed E-state index contributed by atoms with van der Waals surface area (Å²) in [6, 6.07) is 0. The summed E-state index contributed by atoms with van der Waals surface area (Å²) in [7, 11) is 5.27. The van der Waals surface area contributed by atoms with Crippen LogP contribution in [0.1, 0.15) is 0 Å². The highest BCUT2D eigenvalue weighted by Gasteiger charge is 1.87. The normalized spacial score (nSPS) is 9.00. The molecule has 0 saturated carbocycles. The molecule has 0 unspecified atom stereocenters. The van der Waals surface area contributed by atoms with Gasteiger partial charge in [-0.05, 0) is 5.46 Å². The molecule has 8 heavy (non-hydrogen) atoms. The van der Waals surface area contributed by atoms with E-state index in [0.29, 0.717) is 11.3 Å². The predicted molar refractivity (Wildman–Crippen MR) is 31.8 cm³/mol. The Bertz CT molecular complexity index is 167. The zero-order valence-electron chi connectivity index (χ0n) is 4.20. The topological polar surface area (TPSA) is 51.8 Å². The smallest absolute Gasteiger partial charge is 0.121 e. The second kappa shape index (κ2) is 1.82. The molecule has 1 rings (SSSR count). The fourth-order valence-corrected chi connectivity index (χ4v) is 0.350. The lowest BCUT2D eigenvalue weighted by Crippen LogP contribution is -2.11. The van der Waals surface area contributed by atoms with E-state index < -0.39 is 0 Å². The van der Waals surface area contributed by atoms with E-state index in [0.717, 1.165) is 0 Å². The van der Waals surface area contributed by atoms with E-state index >= 15 is 0 Å². The molecule has 1 aromatic heterocycles. The largest absolute Gasteiger partial charge is 0.384 e. The third-order valence-corrected chi connectivity index (χ3v) is 0.773. The molecule has 0 fully saturated rings. The third kappa shape index (κ3) is 0.778. The van der Waals surface area contributed by atoms with Crippen molar-refractivity contribution in [2.75, 3.05) is 5.73 Å². The van der Waals surface area contributed by atoms with Crippen molar-refractivity contribution in [3.8, 4) is 0 Å². The van der Waals surface area contributed by atoms with E-state index in [4.69, 9.17) is 13.6 Å². The highest BCUT2D eigenvalue weighted by Crippen LogP contribution is 1.81. The maximum absolute atomic E-state index is 5.27. The molecule has 1 aromatic rings. The summed E-state index contributed by atoms with van der Waals surface area (Å²) in [6.45, 7) is 0. The van der Waals surface area contributed by atoms with Gasteiger partial charge in [0.1, 0.15) is 20.0 Å². The lowest BCUT2D eigenvalue weighted by atomic mass is 10.00. The molecule has 3 nitrogen and oxygen atoms in total. The fraction of sp³-hybridized carbons (Fsp3) is 0. The summed E-state index contributed by atoms with van der Waals surface area (Å²) < 4.78 is 0. The van der Waals surface area contributed by atoms with E-state index in [2.05, 4.69) is 9.97 Å². The Kier molecular flexibility index (Phi) is 1.16. The van der Waals surface area contributed by atoms with Crippen LogP contribution < -0.4 is 11.2 Å². The van der Waals surface area contributed by atoms with Gasteiger partial charge in [-0.3, -0.25) is 0 Å². The van der Waals surface area contributed by atoms with Gasteiger partial charge >= 0.3 is 0 Å². The number of aromatic nitrogens is 2. The van der Waals surface area contributed by atoms with E-state index in [1.54, 1.807) is 0 Å². The van der Waals surface area contributed by atoms with Crippen LogP contribution in [0.3, 0.4) is 0 Å². The van der Waals surface area contributed by atoms with Crippen LogP contribution in [0.25, 0.3) is 0 Å². The summed E-state index contributed by atoms with van der Waals surface area (Å²) in [5.74, 6) is 0.333. The molecular weight excluding hydrogens is 101 g/mol. The summed E-state index contributed by atoms with van der Waals surface area (Å²) in [4.78, 5) is 7.25. The first-order valence-corrected chi connectivity index (χ1v) is 2.11. The van der Waals surface area contributed by atoms with Crippen LogP contribution in [0.4, 0.5) is 5.82 Å². The molecule has 4 heteroatoms. The number of hydrogen-bond acceptors (Lipinski definition) is 3. The first kappa shape index (κ1) is 5.09. The fourth-order valence-electron chi connectivity index (χ4n) is 0.350. The molecular formula is C4H4BN3. The van der Waals surface area contributed by atoms with Crippen molar-refractivity contribution in [2.45, 2.75) is 0 Å². The van der Waals surface area contributed by atoms with Gasteiger partial charge in [-0.25, -0.2) is 9.97 Å². The molecule has 0 spiro atoms. The number of nitrogen functional groups attached to an aromatic ring is 1. The molecule has 0 atom stereocenters. The summed E-state index contributed by atoms with van der Waals surface area (Å²) in [5.41, 5.74) is 5.67. The molecule has 0 aliphatic carbocycles. The highest BCUT2D eigenvalue weighted by atomic mass is 14.9. The maximum Gasteiger partial charge on any atom is 0.121 e. The first-order chi connectivity index (χ1) is 3.80. The Hall–Kier alpha value is -1.06. The van der Waals surface area contributed by atoms with E-state index in [1.807, 2.05) is 0 Å². The quantitative estimate of drug-likeness (QED) is 0.424. The summed E-state index contributed by atoms with van der Waals surface area (Å²) >= 11 is 0. The molecule has 2 radical (unpaired) electrons. The van der Waals surface area contributed by atoms with E-state index in [1.165, 1.54) is 12.5 Å². The molecule has 0 saturated heterocycles. The second-order valence-corrected chi connectivity index (χ2v) is 1.36. The Labute approximate surface area is 48.4 Å². The van der Waals surface area contributed by atoms with Crippen molar-refractivity contribution in [3.05, 3.63) is 12.5 Å². The van der Waals surface area contributed by atoms with Crippen LogP contribution in [0.2, 0.25) is 0 Å². The maximum atomic E-state index is 5.27. The minimum Gasteiger partial charge on any atom is -0.384 e. The van der Waals surface area contributed by atoms with Gasteiger partial charge in [0.25, 0.3) is 0 Å². The van der Waals surface area contributed by atoms with Gasteiger partial charge in [0.2, 0.25) is 0 Å². The van der Waals surface area contributed by atoms with Crippen molar-refractivity contribution in [2.24, 2.45) is 0 Å². The van der Waals surface area contributed by atoms with Gasteiger partial charge in [-0.1, -0.05) is 0 Å². The highest BCUT2D eigenvalue weighted by molar-refractivity contribution is 6.34. The van der Waals surface area contributed by atoms with Crippen molar-refractivity contribution >= 4 is 19.1 Å². The number of nitrogens with two attached hydrogens (primary N) is 1. The Balaban J connectivity index is 3.13. The molecule has 0 aromatic carbocycles. The molecule has 38 valence electrons. The van der Waals surface area contributed by atoms with Crippen LogP contribution in [-0.2, 0) is 0 Å². The van der Waals surface area contributed by atoms with Crippen LogP contribution >= 0.6 is 0 Å². The SMILES string of the molecule is [B]c1cncnc1N. The first-order valence-electron chi connectivity index (χ1n) is 2.11. The van der Waals surface area contributed by atoms with Gasteiger partial charge < -0.3 is 5.73 Å². The van der Waals surface area contributed by atoms with Crippen molar-refractivity contribution in [1.82, 2.24) is 9.97 Å². The average Bonchev–Trinajstić information content (AvgIpc) is 1.77. The Morgan fingerprint density at radius 2 is 2.38 bits per heavy atom. The summed E-state index contributed by atoms with van der Waals surface area (Å²) in [6.07, 6.45) is 2.81. The third-order valence-electron chi connectivity index (χ3n) is 0.773. The zero-order chi connectivity index (χ0) is 5.98. The van der Waals surface area contributed by atoms with Gasteiger partial charge in [0, 0.05) is 6.20 Å². The minimum absolute atomic E-state index is 0.333. The second-order valence-electron chi connectivity index (χ2n) is 1.36. The van der Waals surface area contributed by atoms with E-state index in [9.17, 15) is 0 Å². The molecule has 0 aliphatic heterocycles. The minimum atomic E-state index is 0.333. The molecule has 0 amide bonds. The molecule has 1 heterocycles. The number of rotatable bonds is 0. The van der Waals surface area contributed by atoms with Crippen LogP contribution in [-0.4, -0.2) is 17.8 Å². The number of nitrogens with zero attached hydrogens (tertiary/aromatic N) is 2. The standard InChI is InChI=1S/C4H4BN3/c5-3-1-7-2-8-4(3)6/h1-2H,(H2,6,7,8). The molecule has 0 aliphatic rings. The van der Waals surface area contributed by atoms with E-state index in [-0.39, 0.29) is 0 Å². The Morgan fingerprint density at radius 3 is 2.75 bits per heavy atom. The monoisotopic (exact) mass is 105 g/mol. The number of hydrogen-bond donors (Lipinski definition) is 1. The van der Waals surface area contributed by atoms with Crippen LogP contribution in [0, 0.1) is 0 Å². The van der Waals surface area contributed by atoms with Crippen LogP contribution in [0.15, 0.2) is 12.5 Å². The summed E-state index contributed by atoms with van der Waals surface area (Å²) in [5, 5.41) is 0. The van der Waals surface area contributed by atoms with Gasteiger partial charge in [-0.2, -0.15) is 0 Å². The Morgan fingerprint density at radius 1 is 1.62 bits per heavy atom.